The zero-order chi connectivity index (χ0) is 13.7. The zero-order valence-corrected chi connectivity index (χ0v) is 12.6. The lowest BCUT2D eigenvalue weighted by Crippen LogP contribution is -2.41. The first-order valence-corrected chi connectivity index (χ1v) is 7.70. The Balaban J connectivity index is 1.94. The first-order valence-electron chi connectivity index (χ1n) is 7.70. The van der Waals surface area contributed by atoms with E-state index in [1.165, 1.54) is 24.9 Å². The molecule has 2 unspecified atom stereocenters. The Morgan fingerprint density at radius 1 is 1.47 bits per heavy atom. The van der Waals surface area contributed by atoms with Crippen LogP contribution in [0.1, 0.15) is 39.2 Å². The first kappa shape index (κ1) is 14.5. The van der Waals surface area contributed by atoms with Crippen molar-refractivity contribution in [2.24, 2.45) is 5.92 Å². The fourth-order valence-corrected chi connectivity index (χ4v) is 2.75. The standard InChI is InChI=1S/C15H28N4/c1-4-13(3)15-12-18(8-6-7-16-15)10-14-9-17-19(5-2)11-14/h9,11,13,15-16H,4-8,10,12H2,1-3H3. The second-order valence-corrected chi connectivity index (χ2v) is 5.74. The summed E-state index contributed by atoms with van der Waals surface area (Å²) in [7, 11) is 0. The van der Waals surface area contributed by atoms with Gasteiger partial charge in [-0.1, -0.05) is 20.3 Å². The number of hydrogen-bond donors (Lipinski definition) is 1. The quantitative estimate of drug-likeness (QED) is 0.884. The van der Waals surface area contributed by atoms with Gasteiger partial charge in [0.1, 0.15) is 0 Å². The van der Waals surface area contributed by atoms with Crippen LogP contribution in [0.3, 0.4) is 0 Å². The zero-order valence-electron chi connectivity index (χ0n) is 12.6. The summed E-state index contributed by atoms with van der Waals surface area (Å²) in [6.45, 7) is 12.3. The van der Waals surface area contributed by atoms with E-state index in [1.54, 1.807) is 0 Å². The molecule has 0 aromatic carbocycles. The minimum Gasteiger partial charge on any atom is -0.312 e. The van der Waals surface area contributed by atoms with Gasteiger partial charge in [0, 0.05) is 37.4 Å². The normalized spacial score (nSPS) is 23.2. The smallest absolute Gasteiger partial charge is 0.0534 e. The Bertz CT molecular complexity index is 374. The summed E-state index contributed by atoms with van der Waals surface area (Å²) in [6.07, 6.45) is 6.69. The van der Waals surface area contributed by atoms with Crippen LogP contribution in [0.4, 0.5) is 0 Å². The Hall–Kier alpha value is -0.870. The molecule has 19 heavy (non-hydrogen) atoms. The summed E-state index contributed by atoms with van der Waals surface area (Å²) >= 11 is 0. The lowest BCUT2D eigenvalue weighted by molar-refractivity contribution is 0.231. The fraction of sp³-hybridized carbons (Fsp3) is 0.800. The average Bonchev–Trinajstić information content (AvgIpc) is 2.75. The van der Waals surface area contributed by atoms with Gasteiger partial charge >= 0.3 is 0 Å². The summed E-state index contributed by atoms with van der Waals surface area (Å²) in [6, 6.07) is 0.633. The second-order valence-electron chi connectivity index (χ2n) is 5.74. The third-order valence-corrected chi connectivity index (χ3v) is 4.26. The molecule has 2 atom stereocenters. The van der Waals surface area contributed by atoms with E-state index in [4.69, 9.17) is 0 Å². The van der Waals surface area contributed by atoms with E-state index in [0.717, 1.165) is 32.1 Å². The van der Waals surface area contributed by atoms with Crippen LogP contribution in [0.15, 0.2) is 12.4 Å². The number of nitrogens with one attached hydrogen (secondary N) is 1. The van der Waals surface area contributed by atoms with Crippen molar-refractivity contribution in [1.82, 2.24) is 20.0 Å². The fourth-order valence-electron chi connectivity index (χ4n) is 2.75. The summed E-state index contributed by atoms with van der Waals surface area (Å²) in [5.41, 5.74) is 1.34. The molecule has 0 radical (unpaired) electrons. The number of rotatable bonds is 5. The van der Waals surface area contributed by atoms with Crippen molar-refractivity contribution in [1.29, 1.82) is 0 Å². The molecule has 1 aromatic heterocycles. The molecule has 2 rings (SSSR count). The number of hydrogen-bond acceptors (Lipinski definition) is 3. The highest BCUT2D eigenvalue weighted by molar-refractivity contribution is 5.04. The maximum atomic E-state index is 4.37. The lowest BCUT2D eigenvalue weighted by atomic mass is 9.99. The summed E-state index contributed by atoms with van der Waals surface area (Å²) in [5.74, 6) is 0.749. The minimum absolute atomic E-state index is 0.633. The van der Waals surface area contributed by atoms with Gasteiger partial charge in [-0.25, -0.2) is 0 Å². The first-order chi connectivity index (χ1) is 9.22. The van der Waals surface area contributed by atoms with E-state index >= 15 is 0 Å². The van der Waals surface area contributed by atoms with E-state index in [2.05, 4.69) is 42.3 Å². The molecule has 0 bridgehead atoms. The van der Waals surface area contributed by atoms with Gasteiger partial charge in [-0.05, 0) is 32.4 Å². The molecule has 0 aliphatic carbocycles. The Morgan fingerprint density at radius 3 is 3.00 bits per heavy atom. The van der Waals surface area contributed by atoms with Crippen LogP contribution >= 0.6 is 0 Å². The molecule has 108 valence electrons. The highest BCUT2D eigenvalue weighted by Crippen LogP contribution is 2.14. The monoisotopic (exact) mass is 264 g/mol. The Labute approximate surface area is 117 Å². The molecule has 1 N–H and O–H groups in total. The van der Waals surface area contributed by atoms with Gasteiger partial charge in [0.2, 0.25) is 0 Å². The molecule has 2 heterocycles. The summed E-state index contributed by atoms with van der Waals surface area (Å²) in [5, 5.41) is 8.07. The molecular formula is C15H28N4. The van der Waals surface area contributed by atoms with Gasteiger partial charge < -0.3 is 5.32 Å². The molecule has 4 heteroatoms. The van der Waals surface area contributed by atoms with E-state index in [0.29, 0.717) is 6.04 Å². The highest BCUT2D eigenvalue weighted by atomic mass is 15.3. The molecular weight excluding hydrogens is 236 g/mol. The molecule has 0 spiro atoms. The molecule has 0 saturated carbocycles. The van der Waals surface area contributed by atoms with Crippen LogP contribution in [0.25, 0.3) is 0 Å². The summed E-state index contributed by atoms with van der Waals surface area (Å²) < 4.78 is 2.01. The molecule has 4 nitrogen and oxygen atoms in total. The third-order valence-electron chi connectivity index (χ3n) is 4.26. The summed E-state index contributed by atoms with van der Waals surface area (Å²) in [4.78, 5) is 2.58. The predicted octanol–water partition coefficient (Wildman–Crippen LogP) is 2.11. The van der Waals surface area contributed by atoms with Crippen LogP contribution in [0, 0.1) is 5.92 Å². The van der Waals surface area contributed by atoms with Crippen molar-refractivity contribution < 1.29 is 0 Å². The van der Waals surface area contributed by atoms with Gasteiger partial charge in [-0.15, -0.1) is 0 Å². The van der Waals surface area contributed by atoms with Crippen LogP contribution < -0.4 is 5.32 Å². The predicted molar refractivity (Wildman–Crippen MR) is 79.0 cm³/mol. The van der Waals surface area contributed by atoms with Gasteiger partial charge in [-0.3, -0.25) is 9.58 Å². The largest absolute Gasteiger partial charge is 0.312 e. The molecule has 1 fully saturated rings. The average molecular weight is 264 g/mol. The Morgan fingerprint density at radius 2 is 2.32 bits per heavy atom. The number of nitrogens with zero attached hydrogens (tertiary/aromatic N) is 3. The van der Waals surface area contributed by atoms with Crippen LogP contribution in [0.5, 0.6) is 0 Å². The van der Waals surface area contributed by atoms with Gasteiger partial charge in [-0.2, -0.15) is 5.10 Å². The Kier molecular flexibility index (Phi) is 5.40. The van der Waals surface area contributed by atoms with Crippen molar-refractivity contribution in [2.45, 2.75) is 52.7 Å². The number of aromatic nitrogens is 2. The van der Waals surface area contributed by atoms with E-state index < -0.39 is 0 Å². The lowest BCUT2D eigenvalue weighted by Gasteiger charge is -2.27. The van der Waals surface area contributed by atoms with E-state index in [9.17, 15) is 0 Å². The molecule has 1 aliphatic rings. The van der Waals surface area contributed by atoms with E-state index in [-0.39, 0.29) is 0 Å². The molecule has 0 amide bonds. The minimum atomic E-state index is 0.633. The molecule has 1 saturated heterocycles. The van der Waals surface area contributed by atoms with Crippen molar-refractivity contribution in [2.75, 3.05) is 19.6 Å². The van der Waals surface area contributed by atoms with Gasteiger partial charge in [0.15, 0.2) is 0 Å². The van der Waals surface area contributed by atoms with E-state index in [1.807, 2.05) is 10.9 Å². The van der Waals surface area contributed by atoms with Crippen LogP contribution in [-0.2, 0) is 13.1 Å². The third kappa shape index (κ3) is 4.05. The molecule has 1 aromatic rings. The highest BCUT2D eigenvalue weighted by Gasteiger charge is 2.21. The second kappa shape index (κ2) is 7.06. The SMILES string of the molecule is CCC(C)C1CN(Cc2cnn(CC)c2)CCCN1. The number of aryl methyl sites for hydroxylation is 1. The maximum Gasteiger partial charge on any atom is 0.0534 e. The van der Waals surface area contributed by atoms with Crippen molar-refractivity contribution in [3.8, 4) is 0 Å². The topological polar surface area (TPSA) is 33.1 Å². The maximum absolute atomic E-state index is 4.37. The van der Waals surface area contributed by atoms with Gasteiger partial charge in [0.05, 0.1) is 6.20 Å². The molecule has 1 aliphatic heterocycles. The van der Waals surface area contributed by atoms with Crippen molar-refractivity contribution in [3.05, 3.63) is 18.0 Å². The van der Waals surface area contributed by atoms with Crippen LogP contribution in [0.2, 0.25) is 0 Å². The van der Waals surface area contributed by atoms with Gasteiger partial charge in [0.25, 0.3) is 0 Å². The van der Waals surface area contributed by atoms with Crippen molar-refractivity contribution >= 4 is 0 Å². The van der Waals surface area contributed by atoms with Crippen LogP contribution in [-0.4, -0.2) is 40.4 Å². The van der Waals surface area contributed by atoms with Crippen molar-refractivity contribution in [3.63, 3.8) is 0 Å².